The number of nitrogens with zero attached hydrogens (tertiary/aromatic N) is 1. The van der Waals surface area contributed by atoms with Crippen molar-refractivity contribution in [3.05, 3.63) is 84.6 Å². The van der Waals surface area contributed by atoms with Crippen molar-refractivity contribution in [2.75, 3.05) is 7.05 Å². The molecule has 1 aliphatic heterocycles. The number of rotatable bonds is 7. The Morgan fingerprint density at radius 3 is 2.70 bits per heavy atom. The summed E-state index contributed by atoms with van der Waals surface area (Å²) in [4.78, 5) is 4.91. The fraction of sp³-hybridized carbons (Fsp3) is 0.286. The van der Waals surface area contributed by atoms with Crippen LogP contribution in [0.25, 0.3) is 0 Å². The molecule has 23 heavy (non-hydrogen) atoms. The third-order valence-corrected chi connectivity index (χ3v) is 4.35. The number of likely N-dealkylation sites (N-methyl/N-ethyl adjacent to an activating group) is 1. The van der Waals surface area contributed by atoms with Crippen molar-refractivity contribution >= 4 is 5.71 Å². The van der Waals surface area contributed by atoms with Gasteiger partial charge in [0.2, 0.25) is 0 Å². The Kier molecular flexibility index (Phi) is 5.75. The quantitative estimate of drug-likeness (QED) is 0.721. The number of fused-ring (bicyclic) bond motifs is 1. The van der Waals surface area contributed by atoms with Crippen LogP contribution in [0.1, 0.15) is 36.8 Å². The molecule has 120 valence electrons. The number of hydrogen-bond donors (Lipinski definition) is 1. The Balaban J connectivity index is 2.38. The molecule has 1 heterocycles. The van der Waals surface area contributed by atoms with Crippen LogP contribution in [0, 0.1) is 0 Å². The van der Waals surface area contributed by atoms with Crippen LogP contribution in [0.15, 0.2) is 78.5 Å². The van der Waals surface area contributed by atoms with Crippen molar-refractivity contribution in [1.82, 2.24) is 5.32 Å². The summed E-state index contributed by atoms with van der Waals surface area (Å²) in [6, 6.07) is 8.51. The highest BCUT2D eigenvalue weighted by atomic mass is 14.9. The van der Waals surface area contributed by atoms with Crippen LogP contribution >= 0.6 is 0 Å². The average molecular weight is 306 g/mol. The number of hydrogen-bond acceptors (Lipinski definition) is 2. The van der Waals surface area contributed by atoms with Gasteiger partial charge in [0.1, 0.15) is 0 Å². The fourth-order valence-corrected chi connectivity index (χ4v) is 3.14. The molecule has 1 aromatic rings. The first-order valence-corrected chi connectivity index (χ1v) is 8.09. The molecule has 1 N–H and O–H groups in total. The van der Waals surface area contributed by atoms with Crippen LogP contribution in [0.3, 0.4) is 0 Å². The predicted octanol–water partition coefficient (Wildman–Crippen LogP) is 4.77. The zero-order valence-corrected chi connectivity index (χ0v) is 14.2. The number of benzene rings is 1. The summed E-state index contributed by atoms with van der Waals surface area (Å²) >= 11 is 0. The van der Waals surface area contributed by atoms with Crippen molar-refractivity contribution in [1.29, 1.82) is 0 Å². The SMILES string of the molecule is C=CC1=NC(C(=C)NC)C(CCC(=C)/C=C\C)c2ccccc21. The van der Waals surface area contributed by atoms with Crippen LogP contribution in [-0.4, -0.2) is 18.8 Å². The van der Waals surface area contributed by atoms with Crippen molar-refractivity contribution in [2.45, 2.75) is 31.7 Å². The van der Waals surface area contributed by atoms with E-state index in [-0.39, 0.29) is 6.04 Å². The molecule has 2 atom stereocenters. The fourth-order valence-electron chi connectivity index (χ4n) is 3.14. The minimum atomic E-state index is 0.0290. The molecule has 0 spiro atoms. The normalized spacial score (nSPS) is 19.8. The highest BCUT2D eigenvalue weighted by Crippen LogP contribution is 2.37. The molecule has 0 fully saturated rings. The molecule has 2 nitrogen and oxygen atoms in total. The van der Waals surface area contributed by atoms with Gasteiger partial charge >= 0.3 is 0 Å². The van der Waals surface area contributed by atoms with Crippen LogP contribution in [0.4, 0.5) is 0 Å². The maximum absolute atomic E-state index is 4.91. The summed E-state index contributed by atoms with van der Waals surface area (Å²) in [5.41, 5.74) is 5.56. The van der Waals surface area contributed by atoms with E-state index in [4.69, 9.17) is 4.99 Å². The largest absolute Gasteiger partial charge is 0.390 e. The molecule has 0 saturated heterocycles. The van der Waals surface area contributed by atoms with Gasteiger partial charge in [0.25, 0.3) is 0 Å². The van der Waals surface area contributed by atoms with E-state index >= 15 is 0 Å². The van der Waals surface area contributed by atoms with Gasteiger partial charge in [-0.1, -0.05) is 61.7 Å². The minimum Gasteiger partial charge on any atom is -0.390 e. The Labute approximate surface area is 140 Å². The van der Waals surface area contributed by atoms with E-state index in [9.17, 15) is 0 Å². The standard InChI is InChI=1S/C21H26N2/c1-6-10-15(3)13-14-19-17-11-8-9-12-18(17)20(7-2)23-21(19)16(4)22-5/h6-12,19,21-22H,2-4,13-14H2,1,5H3/b10-6-. The lowest BCUT2D eigenvalue weighted by atomic mass is 9.79. The molecule has 0 aromatic heterocycles. The zero-order chi connectivity index (χ0) is 16.8. The Bertz CT molecular complexity index is 664. The summed E-state index contributed by atoms with van der Waals surface area (Å²) in [5, 5.41) is 3.18. The second-order valence-corrected chi connectivity index (χ2v) is 5.83. The third kappa shape index (κ3) is 3.70. The molecule has 1 aromatic carbocycles. The van der Waals surface area contributed by atoms with E-state index in [1.54, 1.807) is 0 Å². The van der Waals surface area contributed by atoms with Crippen molar-refractivity contribution in [2.24, 2.45) is 4.99 Å². The Morgan fingerprint density at radius 1 is 1.30 bits per heavy atom. The van der Waals surface area contributed by atoms with Crippen LogP contribution in [-0.2, 0) is 0 Å². The lowest BCUT2D eigenvalue weighted by molar-refractivity contribution is 0.526. The van der Waals surface area contributed by atoms with E-state index in [1.807, 2.05) is 26.1 Å². The highest BCUT2D eigenvalue weighted by molar-refractivity contribution is 6.10. The molecule has 2 rings (SSSR count). The second-order valence-electron chi connectivity index (χ2n) is 5.83. The van der Waals surface area contributed by atoms with Crippen LogP contribution < -0.4 is 5.32 Å². The van der Waals surface area contributed by atoms with Gasteiger partial charge in [-0.05, 0) is 31.4 Å². The molecule has 0 aliphatic carbocycles. The second kappa shape index (κ2) is 7.77. The molecular formula is C21H26N2. The summed E-state index contributed by atoms with van der Waals surface area (Å²) in [6.07, 6.45) is 7.91. The Hall–Kier alpha value is -2.35. The van der Waals surface area contributed by atoms with E-state index in [1.165, 1.54) is 11.1 Å². The average Bonchev–Trinajstić information content (AvgIpc) is 2.58. The number of nitrogens with one attached hydrogen (secondary N) is 1. The molecule has 1 aliphatic rings. The van der Waals surface area contributed by atoms with Gasteiger partial charge in [-0.2, -0.15) is 0 Å². The van der Waals surface area contributed by atoms with Crippen molar-refractivity contribution in [3.63, 3.8) is 0 Å². The first-order chi connectivity index (χ1) is 11.1. The van der Waals surface area contributed by atoms with Crippen LogP contribution in [0.5, 0.6) is 0 Å². The Morgan fingerprint density at radius 2 is 2.04 bits per heavy atom. The molecule has 0 bridgehead atoms. The molecule has 2 unspecified atom stereocenters. The van der Waals surface area contributed by atoms with E-state index in [0.717, 1.165) is 29.8 Å². The maximum atomic E-state index is 4.91. The first kappa shape index (κ1) is 17.0. The molecule has 2 heteroatoms. The smallest absolute Gasteiger partial charge is 0.0963 e. The third-order valence-electron chi connectivity index (χ3n) is 4.35. The molecule has 0 radical (unpaired) electrons. The molecular weight excluding hydrogens is 280 g/mol. The lowest BCUT2D eigenvalue weighted by Gasteiger charge is -2.32. The monoisotopic (exact) mass is 306 g/mol. The summed E-state index contributed by atoms with van der Waals surface area (Å²) in [5.74, 6) is 0.303. The van der Waals surface area contributed by atoms with Crippen LogP contribution in [0.2, 0.25) is 0 Å². The first-order valence-electron chi connectivity index (χ1n) is 8.09. The van der Waals surface area contributed by atoms with Crippen molar-refractivity contribution in [3.8, 4) is 0 Å². The van der Waals surface area contributed by atoms with Gasteiger partial charge in [-0.3, -0.25) is 4.99 Å². The highest BCUT2D eigenvalue weighted by Gasteiger charge is 2.31. The van der Waals surface area contributed by atoms with Gasteiger partial charge in [-0.25, -0.2) is 0 Å². The summed E-state index contributed by atoms with van der Waals surface area (Å²) in [6.45, 7) is 14.2. The molecule has 0 amide bonds. The summed E-state index contributed by atoms with van der Waals surface area (Å²) < 4.78 is 0. The van der Waals surface area contributed by atoms with Gasteiger partial charge in [-0.15, -0.1) is 0 Å². The zero-order valence-electron chi connectivity index (χ0n) is 14.2. The van der Waals surface area contributed by atoms with Gasteiger partial charge in [0, 0.05) is 24.2 Å². The maximum Gasteiger partial charge on any atom is 0.0963 e. The predicted molar refractivity (Wildman–Crippen MR) is 101 cm³/mol. The number of aliphatic imine (C=N–C) groups is 1. The van der Waals surface area contributed by atoms with E-state index < -0.39 is 0 Å². The minimum absolute atomic E-state index is 0.0290. The van der Waals surface area contributed by atoms with Gasteiger partial charge in [0.15, 0.2) is 0 Å². The van der Waals surface area contributed by atoms with E-state index in [2.05, 4.69) is 55.4 Å². The van der Waals surface area contributed by atoms with Crippen molar-refractivity contribution < 1.29 is 0 Å². The molecule has 0 saturated carbocycles. The topological polar surface area (TPSA) is 24.4 Å². The van der Waals surface area contributed by atoms with Gasteiger partial charge in [0.05, 0.1) is 11.8 Å². The number of allylic oxidation sites excluding steroid dienone is 4. The summed E-state index contributed by atoms with van der Waals surface area (Å²) in [7, 11) is 1.90. The van der Waals surface area contributed by atoms with Gasteiger partial charge < -0.3 is 5.32 Å². The lowest BCUT2D eigenvalue weighted by Crippen LogP contribution is -2.31. The van der Waals surface area contributed by atoms with E-state index in [0.29, 0.717) is 5.92 Å².